The van der Waals surface area contributed by atoms with E-state index in [1.165, 1.54) is 4.90 Å². The maximum absolute atomic E-state index is 14.0. The number of likely N-dealkylation sites (N-methyl/N-ethyl adjacent to an activating group) is 1. The molecule has 2 aromatic carbocycles. The molecule has 4 aromatic rings. The second-order valence-electron chi connectivity index (χ2n) is 12.4. The number of carbonyl (C=O) groups excluding carboxylic acids is 1. The van der Waals surface area contributed by atoms with E-state index in [1.807, 2.05) is 47.4 Å². The molecule has 2 atom stereocenters. The number of hydrogen-bond donors (Lipinski definition) is 0. The van der Waals surface area contributed by atoms with Crippen LogP contribution in [0.15, 0.2) is 61.1 Å². The Labute approximate surface area is 267 Å². The number of aromatic nitrogens is 3. The van der Waals surface area contributed by atoms with Gasteiger partial charge in [-0.05, 0) is 62.8 Å². The number of hydrogen-bond acceptors (Lipinski definition) is 8. The van der Waals surface area contributed by atoms with E-state index in [-0.39, 0.29) is 24.8 Å². The number of pyridine rings is 1. The molecular weight excluding hydrogens is 614 g/mol. The molecule has 0 aliphatic carbocycles. The summed E-state index contributed by atoms with van der Waals surface area (Å²) in [5.74, 6) is -1.25. The van der Waals surface area contributed by atoms with Gasteiger partial charge in [0.2, 0.25) is 0 Å². The smallest absolute Gasteiger partial charge is 0.319 e. The van der Waals surface area contributed by atoms with Gasteiger partial charge in [0.15, 0.2) is 11.6 Å². The predicted octanol–water partition coefficient (Wildman–Crippen LogP) is 6.09. The molecule has 12 heteroatoms. The van der Waals surface area contributed by atoms with Gasteiger partial charge in [-0.25, -0.2) is 4.39 Å². The summed E-state index contributed by atoms with van der Waals surface area (Å²) in [7, 11) is -0.483. The molecule has 236 valence electrons. The molecule has 6 rings (SSSR count). The van der Waals surface area contributed by atoms with Crippen molar-refractivity contribution in [2.45, 2.75) is 24.9 Å². The Morgan fingerprint density at radius 3 is 2.62 bits per heavy atom. The molecular formula is C33H37ClFN6O3P. The fourth-order valence-electron chi connectivity index (χ4n) is 6.45. The number of halogens is 2. The Kier molecular flexibility index (Phi) is 8.83. The molecule has 2 saturated heterocycles. The van der Waals surface area contributed by atoms with E-state index in [0.29, 0.717) is 41.6 Å². The number of carbonyl (C=O) groups is 1. The number of fused-ring (bicyclic) bond motifs is 2. The molecule has 1 amide bonds. The second kappa shape index (κ2) is 12.7. The summed E-state index contributed by atoms with van der Waals surface area (Å²) in [6.07, 6.45) is 4.18. The number of likely N-dealkylation sites (tertiary alicyclic amines) is 1. The average molecular weight is 651 g/mol. The number of ether oxygens (including phenoxy) is 1. The molecule has 0 saturated carbocycles. The zero-order valence-electron chi connectivity index (χ0n) is 25.7. The lowest BCUT2D eigenvalue weighted by Gasteiger charge is -2.42. The van der Waals surface area contributed by atoms with Gasteiger partial charge in [-0.3, -0.25) is 9.78 Å². The van der Waals surface area contributed by atoms with Crippen molar-refractivity contribution in [3.05, 3.63) is 66.1 Å². The first-order valence-electron chi connectivity index (χ1n) is 15.1. The van der Waals surface area contributed by atoms with Crippen LogP contribution in [0.3, 0.4) is 0 Å². The Hall–Kier alpha value is -3.59. The average Bonchev–Trinajstić information content (AvgIpc) is 3.42. The molecule has 2 aromatic heterocycles. The highest BCUT2D eigenvalue weighted by molar-refractivity contribution is 7.62. The van der Waals surface area contributed by atoms with Crippen LogP contribution in [-0.4, -0.2) is 102 Å². The fourth-order valence-corrected chi connectivity index (χ4v) is 8.06. The predicted molar refractivity (Wildman–Crippen MR) is 179 cm³/mol. The van der Waals surface area contributed by atoms with Crippen molar-refractivity contribution in [3.8, 4) is 17.1 Å². The van der Waals surface area contributed by atoms with Gasteiger partial charge >= 0.3 is 6.01 Å². The van der Waals surface area contributed by atoms with E-state index in [9.17, 15) is 13.8 Å². The number of rotatable bonds is 8. The third-order valence-corrected chi connectivity index (χ3v) is 10.3. The molecule has 4 heterocycles. The summed E-state index contributed by atoms with van der Waals surface area (Å²) < 4.78 is 33.1. The third-order valence-electron chi connectivity index (χ3n) is 8.66. The van der Waals surface area contributed by atoms with Gasteiger partial charge in [-0.2, -0.15) is 9.97 Å². The standard InChI is InChI=1S/C33H37ClFN6O3P/c1-21(35)32(42)41-15-14-40(18-25(41)20-45(3,4)43)31-30-28(37-33(38-31)44-19-24-10-7-13-39(24)2)16-23(17-36-30)26-11-5-8-22-9-6-12-27(34)29(22)26/h5-6,8-9,11-12,16-17,24-25H,1,7,10,13-15,18-20H2,2-4H3/t24?,25-/m1/s1. The van der Waals surface area contributed by atoms with E-state index in [1.54, 1.807) is 19.5 Å². The van der Waals surface area contributed by atoms with Crippen molar-refractivity contribution in [1.29, 1.82) is 0 Å². The lowest BCUT2D eigenvalue weighted by Crippen LogP contribution is -2.57. The van der Waals surface area contributed by atoms with Crippen LogP contribution in [-0.2, 0) is 9.36 Å². The molecule has 0 bridgehead atoms. The third kappa shape index (κ3) is 6.69. The first kappa shape index (κ1) is 31.4. The minimum absolute atomic E-state index is 0.216. The number of piperazine rings is 1. The Morgan fingerprint density at radius 2 is 1.91 bits per heavy atom. The van der Waals surface area contributed by atoms with Gasteiger partial charge < -0.3 is 24.0 Å². The zero-order valence-corrected chi connectivity index (χ0v) is 27.4. The van der Waals surface area contributed by atoms with Crippen molar-refractivity contribution in [2.24, 2.45) is 0 Å². The van der Waals surface area contributed by atoms with Crippen LogP contribution in [0.1, 0.15) is 12.8 Å². The van der Waals surface area contributed by atoms with Gasteiger partial charge in [0.25, 0.3) is 5.91 Å². The molecule has 0 N–H and O–H groups in total. The summed E-state index contributed by atoms with van der Waals surface area (Å²) in [6, 6.07) is 13.8. The van der Waals surface area contributed by atoms with Crippen molar-refractivity contribution in [3.63, 3.8) is 0 Å². The highest BCUT2D eigenvalue weighted by Crippen LogP contribution is 2.40. The molecule has 2 aliphatic rings. The highest BCUT2D eigenvalue weighted by atomic mass is 35.5. The minimum Gasteiger partial charge on any atom is -0.462 e. The van der Waals surface area contributed by atoms with Crippen LogP contribution in [0.4, 0.5) is 10.2 Å². The van der Waals surface area contributed by atoms with Crippen molar-refractivity contribution in [1.82, 2.24) is 24.8 Å². The monoisotopic (exact) mass is 650 g/mol. The van der Waals surface area contributed by atoms with Gasteiger partial charge in [0, 0.05) is 54.0 Å². The largest absolute Gasteiger partial charge is 0.462 e. The van der Waals surface area contributed by atoms with Crippen LogP contribution >= 0.6 is 18.7 Å². The summed E-state index contributed by atoms with van der Waals surface area (Å²) in [4.78, 5) is 32.9. The SMILES string of the molecule is C=C(F)C(=O)N1CCN(c2nc(OCC3CCCN3C)nc3cc(-c4cccc5cccc(Cl)c45)cnc23)C[C@@H]1CP(C)(C)=O. The lowest BCUT2D eigenvalue weighted by atomic mass is 9.99. The van der Waals surface area contributed by atoms with Gasteiger partial charge in [-0.1, -0.05) is 48.5 Å². The van der Waals surface area contributed by atoms with Crippen LogP contribution in [0.2, 0.25) is 5.02 Å². The maximum atomic E-state index is 14.0. The molecule has 2 fully saturated rings. The Morgan fingerprint density at radius 1 is 1.13 bits per heavy atom. The van der Waals surface area contributed by atoms with Crippen LogP contribution < -0.4 is 9.64 Å². The van der Waals surface area contributed by atoms with Gasteiger partial charge in [-0.15, -0.1) is 0 Å². The Balaban J connectivity index is 1.42. The summed E-state index contributed by atoms with van der Waals surface area (Å²) in [5.41, 5.74) is 2.95. The topological polar surface area (TPSA) is 91.8 Å². The van der Waals surface area contributed by atoms with Crippen molar-refractivity contribution >= 4 is 52.3 Å². The first-order valence-corrected chi connectivity index (χ1v) is 18.3. The van der Waals surface area contributed by atoms with E-state index in [0.717, 1.165) is 41.3 Å². The van der Waals surface area contributed by atoms with Gasteiger partial charge in [0.1, 0.15) is 12.1 Å². The highest BCUT2D eigenvalue weighted by Gasteiger charge is 2.35. The molecule has 9 nitrogen and oxygen atoms in total. The second-order valence-corrected chi connectivity index (χ2v) is 16.3. The first-order chi connectivity index (χ1) is 21.5. The van der Waals surface area contributed by atoms with Crippen LogP contribution in [0, 0.1) is 0 Å². The molecule has 0 radical (unpaired) electrons. The van der Waals surface area contributed by atoms with Crippen LogP contribution in [0.25, 0.3) is 32.9 Å². The van der Waals surface area contributed by atoms with E-state index < -0.39 is 24.9 Å². The van der Waals surface area contributed by atoms with E-state index in [4.69, 9.17) is 31.3 Å². The number of benzene rings is 2. The molecule has 1 unspecified atom stereocenters. The molecule has 2 aliphatic heterocycles. The van der Waals surface area contributed by atoms with Crippen molar-refractivity contribution < 1.29 is 18.5 Å². The molecule has 45 heavy (non-hydrogen) atoms. The zero-order chi connectivity index (χ0) is 31.9. The van der Waals surface area contributed by atoms with Gasteiger partial charge in [0.05, 0.1) is 18.7 Å². The molecule has 0 spiro atoms. The van der Waals surface area contributed by atoms with Crippen molar-refractivity contribution in [2.75, 3.05) is 64.2 Å². The summed E-state index contributed by atoms with van der Waals surface area (Å²) in [5, 5.41) is 2.60. The quantitative estimate of drug-likeness (QED) is 0.167. The normalized spacial score (nSPS) is 19.4. The maximum Gasteiger partial charge on any atom is 0.319 e. The lowest BCUT2D eigenvalue weighted by molar-refractivity contribution is -0.130. The fraction of sp³-hybridized carbons (Fsp3) is 0.394. The number of anilines is 1. The van der Waals surface area contributed by atoms with E-state index in [2.05, 4.69) is 18.5 Å². The number of amides is 1. The summed E-state index contributed by atoms with van der Waals surface area (Å²) >= 11 is 6.66. The Bertz CT molecular complexity index is 1830. The summed E-state index contributed by atoms with van der Waals surface area (Å²) in [6.45, 7) is 8.91. The van der Waals surface area contributed by atoms with E-state index >= 15 is 0 Å². The van der Waals surface area contributed by atoms with Crippen LogP contribution in [0.5, 0.6) is 6.01 Å². The minimum atomic E-state index is -2.57. The number of nitrogens with zero attached hydrogens (tertiary/aromatic N) is 6.